The SMILES string of the molecule is Cc1c(-c2ccoc2)oc2c1CCc1ccccc1-2. The summed E-state index contributed by atoms with van der Waals surface area (Å²) in [5.41, 5.74) is 6.22. The molecule has 0 atom stereocenters. The van der Waals surface area contributed by atoms with Gasteiger partial charge in [0.05, 0.1) is 11.8 Å². The Morgan fingerprint density at radius 2 is 1.89 bits per heavy atom. The maximum Gasteiger partial charge on any atom is 0.141 e. The van der Waals surface area contributed by atoms with Crippen LogP contribution in [-0.2, 0) is 12.8 Å². The van der Waals surface area contributed by atoms with Crippen LogP contribution < -0.4 is 0 Å². The lowest BCUT2D eigenvalue weighted by Crippen LogP contribution is -2.02. The lowest BCUT2D eigenvalue weighted by molar-refractivity contribution is 0.562. The molecule has 2 heteroatoms. The van der Waals surface area contributed by atoms with Gasteiger partial charge in [0.1, 0.15) is 17.8 Å². The summed E-state index contributed by atoms with van der Waals surface area (Å²) in [4.78, 5) is 0. The van der Waals surface area contributed by atoms with Gasteiger partial charge in [-0.3, -0.25) is 0 Å². The second kappa shape index (κ2) is 3.89. The molecule has 0 saturated carbocycles. The molecule has 0 unspecified atom stereocenters. The van der Waals surface area contributed by atoms with Crippen LogP contribution in [0.1, 0.15) is 16.7 Å². The summed E-state index contributed by atoms with van der Waals surface area (Å²) in [6.07, 6.45) is 5.57. The molecular formula is C17H14O2. The Morgan fingerprint density at radius 1 is 1.00 bits per heavy atom. The molecule has 2 nitrogen and oxygen atoms in total. The van der Waals surface area contributed by atoms with Crippen molar-refractivity contribution in [1.29, 1.82) is 0 Å². The fraction of sp³-hybridized carbons (Fsp3) is 0.176. The summed E-state index contributed by atoms with van der Waals surface area (Å²) in [6.45, 7) is 2.14. The molecule has 4 rings (SSSR count). The van der Waals surface area contributed by atoms with Crippen molar-refractivity contribution in [3.8, 4) is 22.6 Å². The van der Waals surface area contributed by atoms with Gasteiger partial charge in [0.15, 0.2) is 0 Å². The Bertz CT molecular complexity index is 733. The molecule has 0 amide bonds. The monoisotopic (exact) mass is 250 g/mol. The van der Waals surface area contributed by atoms with Gasteiger partial charge in [-0.25, -0.2) is 0 Å². The van der Waals surface area contributed by atoms with Gasteiger partial charge >= 0.3 is 0 Å². The Balaban J connectivity index is 1.96. The van der Waals surface area contributed by atoms with E-state index in [1.54, 1.807) is 12.5 Å². The van der Waals surface area contributed by atoms with E-state index in [9.17, 15) is 0 Å². The number of fused-ring (bicyclic) bond motifs is 3. The highest BCUT2D eigenvalue weighted by atomic mass is 16.3. The number of hydrogen-bond donors (Lipinski definition) is 0. The predicted molar refractivity (Wildman–Crippen MR) is 74.0 cm³/mol. The van der Waals surface area contributed by atoms with Crippen molar-refractivity contribution >= 4 is 0 Å². The normalized spacial score (nSPS) is 13.1. The fourth-order valence-electron chi connectivity index (χ4n) is 2.95. The minimum Gasteiger partial charge on any atom is -0.472 e. The van der Waals surface area contributed by atoms with Crippen molar-refractivity contribution in [2.45, 2.75) is 19.8 Å². The van der Waals surface area contributed by atoms with E-state index in [4.69, 9.17) is 8.83 Å². The summed E-state index contributed by atoms with van der Waals surface area (Å²) >= 11 is 0. The summed E-state index contributed by atoms with van der Waals surface area (Å²) in [7, 11) is 0. The van der Waals surface area contributed by atoms with Gasteiger partial charge in [-0.2, -0.15) is 0 Å². The molecule has 0 radical (unpaired) electrons. The molecule has 0 aliphatic heterocycles. The smallest absolute Gasteiger partial charge is 0.141 e. The number of aryl methyl sites for hydroxylation is 1. The van der Waals surface area contributed by atoms with Crippen molar-refractivity contribution < 1.29 is 8.83 Å². The van der Waals surface area contributed by atoms with E-state index in [0.29, 0.717) is 0 Å². The van der Waals surface area contributed by atoms with Gasteiger partial charge in [-0.15, -0.1) is 0 Å². The Hall–Kier alpha value is -2.22. The van der Waals surface area contributed by atoms with Gasteiger partial charge in [-0.1, -0.05) is 24.3 Å². The molecule has 1 aliphatic carbocycles. The largest absolute Gasteiger partial charge is 0.472 e. The molecule has 0 bridgehead atoms. The zero-order valence-corrected chi connectivity index (χ0v) is 10.8. The van der Waals surface area contributed by atoms with E-state index in [2.05, 4.69) is 31.2 Å². The third-order valence-corrected chi connectivity index (χ3v) is 3.96. The van der Waals surface area contributed by atoms with E-state index in [1.165, 1.54) is 22.3 Å². The Morgan fingerprint density at radius 3 is 2.74 bits per heavy atom. The summed E-state index contributed by atoms with van der Waals surface area (Å²) in [6, 6.07) is 10.5. The van der Waals surface area contributed by atoms with E-state index in [0.717, 1.165) is 29.9 Å². The average Bonchev–Trinajstić information content (AvgIpc) is 3.07. The van der Waals surface area contributed by atoms with E-state index in [1.807, 2.05) is 6.07 Å². The summed E-state index contributed by atoms with van der Waals surface area (Å²) < 4.78 is 11.3. The van der Waals surface area contributed by atoms with Gasteiger partial charge in [0.2, 0.25) is 0 Å². The average molecular weight is 250 g/mol. The topological polar surface area (TPSA) is 26.3 Å². The minimum atomic E-state index is 0.940. The van der Waals surface area contributed by atoms with Crippen LogP contribution in [-0.4, -0.2) is 0 Å². The van der Waals surface area contributed by atoms with Gasteiger partial charge < -0.3 is 8.83 Å². The number of furan rings is 2. The molecule has 0 spiro atoms. The van der Waals surface area contributed by atoms with Gasteiger partial charge in [0.25, 0.3) is 0 Å². The number of benzene rings is 1. The third kappa shape index (κ3) is 1.49. The van der Waals surface area contributed by atoms with Crippen molar-refractivity contribution in [1.82, 2.24) is 0 Å². The highest BCUT2D eigenvalue weighted by molar-refractivity contribution is 5.75. The van der Waals surface area contributed by atoms with Crippen LogP contribution in [0.4, 0.5) is 0 Å². The molecule has 0 saturated heterocycles. The van der Waals surface area contributed by atoms with E-state index >= 15 is 0 Å². The minimum absolute atomic E-state index is 0.940. The molecule has 3 aromatic rings. The van der Waals surface area contributed by atoms with E-state index < -0.39 is 0 Å². The van der Waals surface area contributed by atoms with Gasteiger partial charge in [-0.05, 0) is 37.0 Å². The van der Waals surface area contributed by atoms with Crippen LogP contribution >= 0.6 is 0 Å². The first-order valence-electron chi connectivity index (χ1n) is 6.57. The zero-order valence-electron chi connectivity index (χ0n) is 10.8. The van der Waals surface area contributed by atoms with E-state index in [-0.39, 0.29) is 0 Å². The molecule has 0 fully saturated rings. The molecule has 94 valence electrons. The van der Waals surface area contributed by atoms with Crippen LogP contribution in [0.3, 0.4) is 0 Å². The van der Waals surface area contributed by atoms with Crippen molar-refractivity contribution in [2.75, 3.05) is 0 Å². The zero-order chi connectivity index (χ0) is 12.8. The van der Waals surface area contributed by atoms with Gasteiger partial charge in [0, 0.05) is 11.1 Å². The lowest BCUT2D eigenvalue weighted by Gasteiger charge is -2.14. The first kappa shape index (κ1) is 10.7. The summed E-state index contributed by atoms with van der Waals surface area (Å²) in [5.74, 6) is 1.98. The molecule has 2 heterocycles. The second-order valence-electron chi connectivity index (χ2n) is 5.03. The first-order valence-corrected chi connectivity index (χ1v) is 6.57. The molecule has 1 aromatic carbocycles. The Kier molecular flexibility index (Phi) is 2.18. The molecule has 2 aromatic heterocycles. The maximum atomic E-state index is 6.15. The quantitative estimate of drug-likeness (QED) is 0.630. The fourth-order valence-corrected chi connectivity index (χ4v) is 2.95. The van der Waals surface area contributed by atoms with Crippen LogP contribution in [0.2, 0.25) is 0 Å². The van der Waals surface area contributed by atoms with Crippen molar-refractivity contribution in [3.63, 3.8) is 0 Å². The van der Waals surface area contributed by atoms with Crippen molar-refractivity contribution in [2.24, 2.45) is 0 Å². The first-order chi connectivity index (χ1) is 9.34. The van der Waals surface area contributed by atoms with Crippen LogP contribution in [0.15, 0.2) is 51.7 Å². The standard InChI is InChI=1S/C17H14O2/c1-11-14-7-6-12-4-2-3-5-15(12)17(14)19-16(11)13-8-9-18-10-13/h2-5,8-10H,6-7H2,1H3. The molecule has 1 aliphatic rings. The molecular weight excluding hydrogens is 236 g/mol. The van der Waals surface area contributed by atoms with Crippen LogP contribution in [0.25, 0.3) is 22.6 Å². The highest BCUT2D eigenvalue weighted by Crippen LogP contribution is 2.41. The predicted octanol–water partition coefficient (Wildman–Crippen LogP) is 4.61. The van der Waals surface area contributed by atoms with Crippen LogP contribution in [0, 0.1) is 6.92 Å². The van der Waals surface area contributed by atoms with Crippen molar-refractivity contribution in [3.05, 3.63) is 59.5 Å². The highest BCUT2D eigenvalue weighted by Gasteiger charge is 2.24. The number of hydrogen-bond acceptors (Lipinski definition) is 2. The number of rotatable bonds is 1. The second-order valence-corrected chi connectivity index (χ2v) is 5.03. The maximum absolute atomic E-state index is 6.15. The molecule has 19 heavy (non-hydrogen) atoms. The summed E-state index contributed by atoms with van der Waals surface area (Å²) in [5, 5.41) is 0. The Labute approximate surface area is 111 Å². The van der Waals surface area contributed by atoms with Crippen LogP contribution in [0.5, 0.6) is 0 Å². The lowest BCUT2D eigenvalue weighted by atomic mass is 9.89. The third-order valence-electron chi connectivity index (χ3n) is 3.96. The molecule has 0 N–H and O–H groups in total.